The van der Waals surface area contributed by atoms with Crippen molar-refractivity contribution in [3.63, 3.8) is 0 Å². The Morgan fingerprint density at radius 3 is 2.79 bits per heavy atom. The second-order valence-electron chi connectivity index (χ2n) is 4.16. The van der Waals surface area contributed by atoms with E-state index in [0.29, 0.717) is 5.52 Å². The number of hydrogen-bond acceptors (Lipinski definition) is 4. The first kappa shape index (κ1) is 11.5. The summed E-state index contributed by atoms with van der Waals surface area (Å²) in [5.41, 5.74) is 2.49. The molecule has 0 atom stereocenters. The van der Waals surface area contributed by atoms with E-state index in [2.05, 4.69) is 9.97 Å². The van der Waals surface area contributed by atoms with Gasteiger partial charge in [0.2, 0.25) is 0 Å². The third kappa shape index (κ3) is 2.08. The van der Waals surface area contributed by atoms with Gasteiger partial charge in [0, 0.05) is 17.0 Å². The van der Waals surface area contributed by atoms with E-state index >= 15 is 0 Å². The zero-order valence-corrected chi connectivity index (χ0v) is 10.4. The number of fused-ring (bicyclic) bond motifs is 1. The van der Waals surface area contributed by atoms with Crippen LogP contribution in [0.2, 0.25) is 0 Å². The summed E-state index contributed by atoms with van der Waals surface area (Å²) >= 11 is 0. The predicted octanol–water partition coefficient (Wildman–Crippen LogP) is 3.01. The molecule has 1 N–H and O–H groups in total. The van der Waals surface area contributed by atoms with Gasteiger partial charge in [0.1, 0.15) is 17.8 Å². The summed E-state index contributed by atoms with van der Waals surface area (Å²) in [6, 6.07) is 12.8. The van der Waals surface area contributed by atoms with Crippen LogP contribution in [0.4, 0.5) is 0 Å². The summed E-state index contributed by atoms with van der Waals surface area (Å²) in [5, 5.41) is 10.4. The SMILES string of the molecule is COc1cccc(-c2ncnc3cc(O)ccc23)c1. The summed E-state index contributed by atoms with van der Waals surface area (Å²) < 4.78 is 5.22. The van der Waals surface area contributed by atoms with Crippen molar-refractivity contribution in [2.24, 2.45) is 0 Å². The molecule has 0 spiro atoms. The summed E-state index contributed by atoms with van der Waals surface area (Å²) in [6.07, 6.45) is 1.50. The Hall–Kier alpha value is -2.62. The highest BCUT2D eigenvalue weighted by molar-refractivity contribution is 5.92. The first-order valence-electron chi connectivity index (χ1n) is 5.86. The summed E-state index contributed by atoms with van der Waals surface area (Å²) in [7, 11) is 1.63. The topological polar surface area (TPSA) is 55.2 Å². The summed E-state index contributed by atoms with van der Waals surface area (Å²) in [5.74, 6) is 0.978. The number of aromatic hydroxyl groups is 1. The van der Waals surface area contributed by atoms with Gasteiger partial charge in [-0.2, -0.15) is 0 Å². The molecule has 0 fully saturated rings. The molecule has 0 saturated carbocycles. The lowest BCUT2D eigenvalue weighted by molar-refractivity contribution is 0.415. The van der Waals surface area contributed by atoms with Gasteiger partial charge in [0.05, 0.1) is 18.3 Å². The zero-order valence-electron chi connectivity index (χ0n) is 10.4. The molecule has 3 rings (SSSR count). The number of methoxy groups -OCH3 is 1. The number of ether oxygens (including phenoxy) is 1. The lowest BCUT2D eigenvalue weighted by atomic mass is 10.1. The molecule has 3 aromatic rings. The van der Waals surface area contributed by atoms with E-state index in [1.807, 2.05) is 30.3 Å². The number of nitrogens with zero attached hydrogens (tertiary/aromatic N) is 2. The molecule has 19 heavy (non-hydrogen) atoms. The van der Waals surface area contributed by atoms with Gasteiger partial charge < -0.3 is 9.84 Å². The molecule has 1 aromatic heterocycles. The van der Waals surface area contributed by atoms with Gasteiger partial charge in [0.25, 0.3) is 0 Å². The van der Waals surface area contributed by atoms with Crippen molar-refractivity contribution in [1.29, 1.82) is 0 Å². The largest absolute Gasteiger partial charge is 0.508 e. The van der Waals surface area contributed by atoms with E-state index in [-0.39, 0.29) is 5.75 Å². The van der Waals surface area contributed by atoms with Crippen molar-refractivity contribution >= 4 is 10.9 Å². The van der Waals surface area contributed by atoms with Gasteiger partial charge in [-0.1, -0.05) is 12.1 Å². The maximum absolute atomic E-state index is 9.49. The molecule has 0 radical (unpaired) electrons. The van der Waals surface area contributed by atoms with Crippen LogP contribution in [0.1, 0.15) is 0 Å². The van der Waals surface area contributed by atoms with Crippen LogP contribution in [-0.4, -0.2) is 22.2 Å². The standard InChI is InChI=1S/C15H12N2O2/c1-19-12-4-2-3-10(7-12)15-13-6-5-11(18)8-14(13)16-9-17-15/h2-9,18H,1H3. The van der Waals surface area contributed by atoms with E-state index in [1.54, 1.807) is 19.2 Å². The predicted molar refractivity (Wildman–Crippen MR) is 73.2 cm³/mol. The minimum atomic E-state index is 0.197. The van der Waals surface area contributed by atoms with Gasteiger partial charge in [-0.3, -0.25) is 0 Å². The number of benzene rings is 2. The van der Waals surface area contributed by atoms with Crippen LogP contribution in [-0.2, 0) is 0 Å². The van der Waals surface area contributed by atoms with Crippen molar-refractivity contribution in [3.05, 3.63) is 48.8 Å². The Bertz CT molecular complexity index is 741. The first-order chi connectivity index (χ1) is 9.28. The Kier molecular flexibility index (Phi) is 2.76. The van der Waals surface area contributed by atoms with Crippen LogP contribution in [0.15, 0.2) is 48.8 Å². The Balaban J connectivity index is 2.24. The number of phenols is 1. The van der Waals surface area contributed by atoms with Crippen LogP contribution in [0.25, 0.3) is 22.2 Å². The Labute approximate surface area is 110 Å². The van der Waals surface area contributed by atoms with E-state index < -0.39 is 0 Å². The zero-order chi connectivity index (χ0) is 13.2. The van der Waals surface area contributed by atoms with Crippen LogP contribution < -0.4 is 4.74 Å². The van der Waals surface area contributed by atoms with E-state index in [0.717, 1.165) is 22.4 Å². The fraction of sp³-hybridized carbons (Fsp3) is 0.0667. The Morgan fingerprint density at radius 1 is 1.05 bits per heavy atom. The highest BCUT2D eigenvalue weighted by atomic mass is 16.5. The van der Waals surface area contributed by atoms with Crippen molar-refractivity contribution in [3.8, 4) is 22.8 Å². The van der Waals surface area contributed by atoms with Crippen LogP contribution >= 0.6 is 0 Å². The molecule has 0 aliphatic rings. The average Bonchev–Trinajstić information content (AvgIpc) is 2.46. The highest BCUT2D eigenvalue weighted by Crippen LogP contribution is 2.29. The lowest BCUT2D eigenvalue weighted by Crippen LogP contribution is -1.90. The minimum absolute atomic E-state index is 0.197. The molecule has 4 heteroatoms. The third-order valence-corrected chi connectivity index (χ3v) is 2.96. The molecule has 2 aromatic carbocycles. The minimum Gasteiger partial charge on any atom is -0.508 e. The van der Waals surface area contributed by atoms with Crippen molar-refractivity contribution < 1.29 is 9.84 Å². The molecule has 0 unspecified atom stereocenters. The maximum Gasteiger partial charge on any atom is 0.119 e. The molecular formula is C15H12N2O2. The fourth-order valence-corrected chi connectivity index (χ4v) is 2.05. The smallest absolute Gasteiger partial charge is 0.119 e. The van der Waals surface area contributed by atoms with Gasteiger partial charge in [0.15, 0.2) is 0 Å². The van der Waals surface area contributed by atoms with E-state index in [9.17, 15) is 5.11 Å². The molecular weight excluding hydrogens is 240 g/mol. The average molecular weight is 252 g/mol. The van der Waals surface area contributed by atoms with E-state index in [1.165, 1.54) is 6.33 Å². The number of phenolic OH excluding ortho intramolecular Hbond substituents is 1. The quantitative estimate of drug-likeness (QED) is 0.761. The maximum atomic E-state index is 9.49. The Morgan fingerprint density at radius 2 is 1.95 bits per heavy atom. The summed E-state index contributed by atoms with van der Waals surface area (Å²) in [4.78, 5) is 8.50. The van der Waals surface area contributed by atoms with Crippen LogP contribution in [0.5, 0.6) is 11.5 Å². The molecule has 0 bridgehead atoms. The van der Waals surface area contributed by atoms with Crippen LogP contribution in [0, 0.1) is 0 Å². The number of aromatic nitrogens is 2. The molecule has 94 valence electrons. The van der Waals surface area contributed by atoms with Gasteiger partial charge in [-0.25, -0.2) is 9.97 Å². The highest BCUT2D eigenvalue weighted by Gasteiger charge is 2.07. The first-order valence-corrected chi connectivity index (χ1v) is 5.86. The molecule has 4 nitrogen and oxygen atoms in total. The van der Waals surface area contributed by atoms with Gasteiger partial charge in [-0.05, 0) is 24.3 Å². The van der Waals surface area contributed by atoms with Crippen LogP contribution in [0.3, 0.4) is 0 Å². The van der Waals surface area contributed by atoms with Crippen molar-refractivity contribution in [2.45, 2.75) is 0 Å². The van der Waals surface area contributed by atoms with Gasteiger partial charge in [-0.15, -0.1) is 0 Å². The van der Waals surface area contributed by atoms with Gasteiger partial charge >= 0.3 is 0 Å². The van der Waals surface area contributed by atoms with E-state index in [4.69, 9.17) is 4.74 Å². The fourth-order valence-electron chi connectivity index (χ4n) is 2.05. The molecule has 0 saturated heterocycles. The normalized spacial score (nSPS) is 10.6. The lowest BCUT2D eigenvalue weighted by Gasteiger charge is -2.07. The third-order valence-electron chi connectivity index (χ3n) is 2.96. The number of rotatable bonds is 2. The van der Waals surface area contributed by atoms with Crippen molar-refractivity contribution in [2.75, 3.05) is 7.11 Å². The van der Waals surface area contributed by atoms with Crippen molar-refractivity contribution in [1.82, 2.24) is 9.97 Å². The summed E-state index contributed by atoms with van der Waals surface area (Å²) in [6.45, 7) is 0. The second-order valence-corrected chi connectivity index (χ2v) is 4.16. The molecule has 0 aliphatic carbocycles. The molecule has 0 amide bonds. The second kappa shape index (κ2) is 4.57. The molecule has 1 heterocycles. The molecule has 0 aliphatic heterocycles. The monoisotopic (exact) mass is 252 g/mol. The number of hydrogen-bond donors (Lipinski definition) is 1.